The average molecular weight is 218 g/mol. The van der Waals surface area contributed by atoms with Crippen molar-refractivity contribution in [2.24, 2.45) is 4.99 Å². The minimum atomic E-state index is 0.130. The van der Waals surface area contributed by atoms with Gasteiger partial charge in [-0.3, -0.25) is 9.78 Å². The molecular formula is C13H18N2O. The molecular weight excluding hydrogens is 200 g/mol. The molecule has 1 heterocycles. The fourth-order valence-electron chi connectivity index (χ4n) is 1.44. The Morgan fingerprint density at radius 1 is 1.44 bits per heavy atom. The maximum atomic E-state index is 11.7. The lowest BCUT2D eigenvalue weighted by molar-refractivity contribution is -0.112. The number of aromatic nitrogens is 1. The Labute approximate surface area is 96.6 Å². The molecule has 3 nitrogen and oxygen atoms in total. The summed E-state index contributed by atoms with van der Waals surface area (Å²) < 4.78 is 0. The minimum Gasteiger partial charge on any atom is -0.293 e. The number of aliphatic imine (C=N–C) groups is 1. The van der Waals surface area contributed by atoms with Crippen LogP contribution in [0.25, 0.3) is 0 Å². The highest BCUT2D eigenvalue weighted by Crippen LogP contribution is 2.16. The zero-order chi connectivity index (χ0) is 12.0. The number of nitrogens with zero attached hydrogens (tertiary/aromatic N) is 2. The molecule has 0 aliphatic rings. The van der Waals surface area contributed by atoms with Gasteiger partial charge in [0.2, 0.25) is 0 Å². The smallest absolute Gasteiger partial charge is 0.176 e. The molecule has 0 spiro atoms. The molecule has 0 fully saturated rings. The number of carbonyl (C=O) groups is 1. The Morgan fingerprint density at radius 2 is 2.19 bits per heavy atom. The van der Waals surface area contributed by atoms with Gasteiger partial charge in [-0.1, -0.05) is 20.3 Å². The highest BCUT2D eigenvalue weighted by atomic mass is 16.1. The fraction of sp³-hybridized carbons (Fsp3) is 0.462. The third kappa shape index (κ3) is 3.26. The van der Waals surface area contributed by atoms with Crippen molar-refractivity contribution in [1.29, 1.82) is 0 Å². The van der Waals surface area contributed by atoms with E-state index in [-0.39, 0.29) is 5.78 Å². The Kier molecular flexibility index (Phi) is 4.83. The molecule has 86 valence electrons. The molecule has 0 amide bonds. The van der Waals surface area contributed by atoms with Gasteiger partial charge in [0.05, 0.1) is 17.1 Å². The average Bonchev–Trinajstić information content (AvgIpc) is 2.30. The van der Waals surface area contributed by atoms with E-state index in [1.807, 2.05) is 26.0 Å². The van der Waals surface area contributed by atoms with Crippen LogP contribution in [0.3, 0.4) is 0 Å². The predicted octanol–water partition coefficient (Wildman–Crippen LogP) is 3.24. The van der Waals surface area contributed by atoms with Crippen LogP contribution < -0.4 is 0 Å². The molecule has 1 rings (SSSR count). The van der Waals surface area contributed by atoms with Gasteiger partial charge in [0.15, 0.2) is 5.78 Å². The fourth-order valence-corrected chi connectivity index (χ4v) is 1.44. The van der Waals surface area contributed by atoms with Gasteiger partial charge in [-0.25, -0.2) is 4.99 Å². The van der Waals surface area contributed by atoms with Gasteiger partial charge in [0, 0.05) is 12.6 Å². The number of carbonyl (C=O) groups excluding carboxylic acids is 1. The Balaban J connectivity index is 3.02. The standard InChI is InChI=1S/C13H18N2O/c1-4-7-12(13(16)5-2)15-11-8-6-9-14-10(11)3/h6,8-9H,4-5,7H2,1-3H3. The summed E-state index contributed by atoms with van der Waals surface area (Å²) in [5.41, 5.74) is 2.33. The lowest BCUT2D eigenvalue weighted by Gasteiger charge is -2.04. The van der Waals surface area contributed by atoms with Crippen molar-refractivity contribution in [3.05, 3.63) is 24.0 Å². The van der Waals surface area contributed by atoms with Crippen LogP contribution in [0, 0.1) is 6.92 Å². The van der Waals surface area contributed by atoms with Gasteiger partial charge in [-0.2, -0.15) is 0 Å². The summed E-state index contributed by atoms with van der Waals surface area (Å²) in [5.74, 6) is 0.130. The number of hydrogen-bond donors (Lipinski definition) is 0. The van der Waals surface area contributed by atoms with Crippen molar-refractivity contribution < 1.29 is 4.79 Å². The van der Waals surface area contributed by atoms with E-state index in [2.05, 4.69) is 16.9 Å². The minimum absolute atomic E-state index is 0.130. The number of rotatable bonds is 5. The zero-order valence-corrected chi connectivity index (χ0v) is 10.2. The third-order valence-electron chi connectivity index (χ3n) is 2.36. The topological polar surface area (TPSA) is 42.3 Å². The van der Waals surface area contributed by atoms with Crippen LogP contribution in [0.2, 0.25) is 0 Å². The van der Waals surface area contributed by atoms with Gasteiger partial charge < -0.3 is 0 Å². The number of ketones is 1. The second kappa shape index (κ2) is 6.16. The molecule has 0 saturated carbocycles. The molecule has 1 aromatic rings. The summed E-state index contributed by atoms with van der Waals surface area (Å²) in [6.07, 6.45) is 3.92. The first-order valence-corrected chi connectivity index (χ1v) is 5.71. The molecule has 1 aromatic heterocycles. The van der Waals surface area contributed by atoms with Crippen LogP contribution in [-0.4, -0.2) is 16.5 Å². The first kappa shape index (κ1) is 12.6. The van der Waals surface area contributed by atoms with E-state index in [1.165, 1.54) is 0 Å². The summed E-state index contributed by atoms with van der Waals surface area (Å²) in [6.45, 7) is 5.82. The van der Waals surface area contributed by atoms with E-state index in [4.69, 9.17) is 0 Å². The summed E-state index contributed by atoms with van der Waals surface area (Å²) in [4.78, 5) is 20.2. The molecule has 0 unspecified atom stereocenters. The van der Waals surface area contributed by atoms with Crippen LogP contribution in [0.15, 0.2) is 23.3 Å². The number of aryl methyl sites for hydroxylation is 1. The van der Waals surface area contributed by atoms with Crippen LogP contribution in [0.1, 0.15) is 38.8 Å². The molecule has 0 aliphatic carbocycles. The highest BCUT2D eigenvalue weighted by molar-refractivity contribution is 6.40. The highest BCUT2D eigenvalue weighted by Gasteiger charge is 2.08. The van der Waals surface area contributed by atoms with Gasteiger partial charge in [0.25, 0.3) is 0 Å². The maximum absolute atomic E-state index is 11.7. The first-order chi connectivity index (χ1) is 7.69. The number of Topliss-reactive ketones (excluding diaryl/α,β-unsaturated/α-hetero) is 1. The number of pyridine rings is 1. The van der Waals surface area contributed by atoms with Gasteiger partial charge in [0.1, 0.15) is 0 Å². The molecule has 3 heteroatoms. The van der Waals surface area contributed by atoms with Gasteiger partial charge >= 0.3 is 0 Å². The van der Waals surface area contributed by atoms with Gasteiger partial charge in [-0.15, -0.1) is 0 Å². The summed E-state index contributed by atoms with van der Waals surface area (Å²) >= 11 is 0. The molecule has 0 saturated heterocycles. The molecule has 0 bridgehead atoms. The second-order valence-corrected chi connectivity index (χ2v) is 3.69. The Morgan fingerprint density at radius 3 is 2.75 bits per heavy atom. The van der Waals surface area contributed by atoms with Crippen LogP contribution in [0.4, 0.5) is 5.69 Å². The monoisotopic (exact) mass is 218 g/mol. The van der Waals surface area contributed by atoms with E-state index < -0.39 is 0 Å². The van der Waals surface area contributed by atoms with Crippen molar-refractivity contribution in [3.8, 4) is 0 Å². The SMILES string of the molecule is CCCC(=Nc1cccnc1C)C(=O)CC. The molecule has 16 heavy (non-hydrogen) atoms. The normalized spacial score (nSPS) is 11.6. The Bertz CT molecular complexity index is 397. The molecule has 0 N–H and O–H groups in total. The lowest BCUT2D eigenvalue weighted by atomic mass is 10.1. The molecule has 0 radical (unpaired) electrons. The van der Waals surface area contributed by atoms with Crippen molar-refractivity contribution in [2.45, 2.75) is 40.0 Å². The number of hydrogen-bond acceptors (Lipinski definition) is 3. The first-order valence-electron chi connectivity index (χ1n) is 5.71. The van der Waals surface area contributed by atoms with Crippen molar-refractivity contribution in [1.82, 2.24) is 4.98 Å². The molecule has 0 aliphatic heterocycles. The van der Waals surface area contributed by atoms with Crippen molar-refractivity contribution in [3.63, 3.8) is 0 Å². The maximum Gasteiger partial charge on any atom is 0.176 e. The summed E-state index contributed by atoms with van der Waals surface area (Å²) in [6, 6.07) is 3.73. The van der Waals surface area contributed by atoms with E-state index in [1.54, 1.807) is 6.20 Å². The second-order valence-electron chi connectivity index (χ2n) is 3.69. The van der Waals surface area contributed by atoms with E-state index in [9.17, 15) is 4.79 Å². The van der Waals surface area contributed by atoms with Crippen LogP contribution in [-0.2, 0) is 4.79 Å². The summed E-state index contributed by atoms with van der Waals surface area (Å²) in [7, 11) is 0. The largest absolute Gasteiger partial charge is 0.293 e. The molecule has 0 aromatic carbocycles. The van der Waals surface area contributed by atoms with Gasteiger partial charge in [-0.05, 0) is 25.5 Å². The zero-order valence-electron chi connectivity index (χ0n) is 10.2. The van der Waals surface area contributed by atoms with Crippen LogP contribution >= 0.6 is 0 Å². The van der Waals surface area contributed by atoms with E-state index >= 15 is 0 Å². The summed E-state index contributed by atoms with van der Waals surface area (Å²) in [5, 5.41) is 0. The lowest BCUT2D eigenvalue weighted by Crippen LogP contribution is -2.12. The predicted molar refractivity (Wildman–Crippen MR) is 66.3 cm³/mol. The quantitative estimate of drug-likeness (QED) is 0.712. The van der Waals surface area contributed by atoms with E-state index in [0.717, 1.165) is 24.2 Å². The third-order valence-corrected chi connectivity index (χ3v) is 2.36. The Hall–Kier alpha value is -1.51. The van der Waals surface area contributed by atoms with E-state index in [0.29, 0.717) is 12.1 Å². The molecule has 0 atom stereocenters. The van der Waals surface area contributed by atoms with Crippen molar-refractivity contribution in [2.75, 3.05) is 0 Å². The van der Waals surface area contributed by atoms with Crippen molar-refractivity contribution >= 4 is 17.2 Å². The van der Waals surface area contributed by atoms with Crippen LogP contribution in [0.5, 0.6) is 0 Å².